The molecule has 1 saturated heterocycles. The van der Waals surface area contributed by atoms with E-state index in [0.29, 0.717) is 0 Å². The van der Waals surface area contributed by atoms with Gasteiger partial charge in [0.2, 0.25) is 5.91 Å². The average molecular weight is 262 g/mol. The molecule has 0 bridgehead atoms. The van der Waals surface area contributed by atoms with Crippen molar-refractivity contribution in [2.24, 2.45) is 5.73 Å². The number of piperidine rings is 1. The fourth-order valence-corrected chi connectivity index (χ4v) is 2.17. The number of nitrogens with one attached hydrogen (secondary N) is 1. The van der Waals surface area contributed by atoms with Gasteiger partial charge in [-0.2, -0.15) is 0 Å². The highest BCUT2D eigenvalue weighted by Gasteiger charge is 2.27. The van der Waals surface area contributed by atoms with Crippen molar-refractivity contribution < 1.29 is 4.79 Å². The van der Waals surface area contributed by atoms with Gasteiger partial charge in [-0.3, -0.25) is 4.79 Å². The molecule has 1 fully saturated rings. The molecule has 0 saturated carbocycles. The second kappa shape index (κ2) is 5.57. The summed E-state index contributed by atoms with van der Waals surface area (Å²) < 4.78 is 0. The van der Waals surface area contributed by atoms with Crippen LogP contribution in [-0.2, 0) is 4.79 Å². The van der Waals surface area contributed by atoms with Crippen molar-refractivity contribution in [1.82, 2.24) is 10.3 Å². The van der Waals surface area contributed by atoms with Crippen LogP contribution in [0, 0.1) is 0 Å². The van der Waals surface area contributed by atoms with Crippen LogP contribution < -0.4 is 16.0 Å². The van der Waals surface area contributed by atoms with E-state index in [2.05, 4.69) is 15.2 Å². The maximum atomic E-state index is 11.8. The molecule has 2 heterocycles. The Morgan fingerprint density at radius 2 is 2.11 bits per heavy atom. The van der Waals surface area contributed by atoms with Gasteiger partial charge in [-0.05, 0) is 38.8 Å². The molecule has 1 aliphatic heterocycles. The number of pyridine rings is 1. The predicted octanol–water partition coefficient (Wildman–Crippen LogP) is 0.904. The molecule has 2 rings (SSSR count). The lowest BCUT2D eigenvalue weighted by atomic mass is 10.0. The molecule has 0 aromatic carbocycles. The van der Waals surface area contributed by atoms with E-state index in [0.717, 1.165) is 31.7 Å². The van der Waals surface area contributed by atoms with Crippen LogP contribution in [0.4, 0.5) is 5.82 Å². The zero-order chi connectivity index (χ0) is 13.9. The van der Waals surface area contributed by atoms with Gasteiger partial charge in [0.15, 0.2) is 0 Å². The number of carbonyl (C=O) groups excluding carboxylic acids is 1. The van der Waals surface area contributed by atoms with Gasteiger partial charge in [0, 0.05) is 25.3 Å². The number of hydrogen-bond acceptors (Lipinski definition) is 4. The molecule has 1 amide bonds. The molecule has 0 aliphatic carbocycles. The maximum Gasteiger partial charge on any atom is 0.239 e. The van der Waals surface area contributed by atoms with Crippen molar-refractivity contribution in [3.05, 3.63) is 24.4 Å². The van der Waals surface area contributed by atoms with Gasteiger partial charge in [-0.1, -0.05) is 6.07 Å². The van der Waals surface area contributed by atoms with E-state index in [1.54, 1.807) is 20.0 Å². The molecule has 0 unspecified atom stereocenters. The van der Waals surface area contributed by atoms with Crippen LogP contribution in [0.2, 0.25) is 0 Å². The number of aromatic nitrogens is 1. The Hall–Kier alpha value is -1.62. The van der Waals surface area contributed by atoms with Crippen LogP contribution in [-0.4, -0.2) is 35.6 Å². The van der Waals surface area contributed by atoms with E-state index in [9.17, 15) is 4.79 Å². The highest BCUT2D eigenvalue weighted by molar-refractivity contribution is 5.85. The number of hydrogen-bond donors (Lipinski definition) is 2. The molecule has 5 heteroatoms. The number of carbonyl (C=O) groups is 1. The standard InChI is InChI=1S/C14H22N4O/c1-14(2,15)13(19)17-11-6-9-18(10-7-11)12-5-3-4-8-16-12/h3-5,8,11H,6-7,9-10,15H2,1-2H3,(H,17,19). The number of rotatable bonds is 3. The fourth-order valence-electron chi connectivity index (χ4n) is 2.17. The summed E-state index contributed by atoms with van der Waals surface area (Å²) in [6.07, 6.45) is 3.66. The van der Waals surface area contributed by atoms with E-state index in [1.165, 1.54) is 0 Å². The summed E-state index contributed by atoms with van der Waals surface area (Å²) in [6, 6.07) is 6.14. The van der Waals surface area contributed by atoms with Crippen LogP contribution in [0.25, 0.3) is 0 Å². The van der Waals surface area contributed by atoms with E-state index >= 15 is 0 Å². The summed E-state index contributed by atoms with van der Waals surface area (Å²) in [5.41, 5.74) is 4.97. The van der Waals surface area contributed by atoms with Crippen molar-refractivity contribution in [1.29, 1.82) is 0 Å². The van der Waals surface area contributed by atoms with Crippen LogP contribution in [0.3, 0.4) is 0 Å². The second-order valence-electron chi connectivity index (χ2n) is 5.64. The van der Waals surface area contributed by atoms with Crippen molar-refractivity contribution in [2.75, 3.05) is 18.0 Å². The van der Waals surface area contributed by atoms with Gasteiger partial charge in [0.1, 0.15) is 5.82 Å². The molecule has 1 aliphatic rings. The summed E-state index contributed by atoms with van der Waals surface area (Å²) >= 11 is 0. The summed E-state index contributed by atoms with van der Waals surface area (Å²) in [5, 5.41) is 3.02. The molecule has 19 heavy (non-hydrogen) atoms. The Bertz CT molecular complexity index is 419. The first kappa shape index (κ1) is 13.8. The van der Waals surface area contributed by atoms with Gasteiger partial charge >= 0.3 is 0 Å². The first-order chi connectivity index (χ1) is 8.97. The summed E-state index contributed by atoms with van der Waals surface area (Å²) in [5.74, 6) is 0.926. The smallest absolute Gasteiger partial charge is 0.239 e. The van der Waals surface area contributed by atoms with E-state index < -0.39 is 5.54 Å². The zero-order valence-electron chi connectivity index (χ0n) is 11.6. The molecule has 0 atom stereocenters. The van der Waals surface area contributed by atoms with Crippen molar-refractivity contribution in [3.63, 3.8) is 0 Å². The topological polar surface area (TPSA) is 71.2 Å². The lowest BCUT2D eigenvalue weighted by molar-refractivity contribution is -0.126. The van der Waals surface area contributed by atoms with Crippen LogP contribution >= 0.6 is 0 Å². The van der Waals surface area contributed by atoms with Crippen molar-refractivity contribution in [3.8, 4) is 0 Å². The van der Waals surface area contributed by atoms with E-state index in [1.807, 2.05) is 18.2 Å². The monoisotopic (exact) mass is 262 g/mol. The Morgan fingerprint density at radius 1 is 1.42 bits per heavy atom. The third-order valence-electron chi connectivity index (χ3n) is 3.39. The molecule has 1 aromatic rings. The van der Waals surface area contributed by atoms with Crippen LogP contribution in [0.15, 0.2) is 24.4 Å². The quantitative estimate of drug-likeness (QED) is 0.849. The Labute approximate surface area is 114 Å². The van der Waals surface area contributed by atoms with Gasteiger partial charge in [-0.15, -0.1) is 0 Å². The third kappa shape index (κ3) is 3.67. The second-order valence-corrected chi connectivity index (χ2v) is 5.64. The van der Waals surface area contributed by atoms with Gasteiger partial charge in [-0.25, -0.2) is 4.98 Å². The molecule has 0 radical (unpaired) electrons. The van der Waals surface area contributed by atoms with E-state index in [-0.39, 0.29) is 11.9 Å². The minimum absolute atomic E-state index is 0.0798. The summed E-state index contributed by atoms with van der Waals surface area (Å²) in [6.45, 7) is 5.27. The van der Waals surface area contributed by atoms with Crippen molar-refractivity contribution in [2.45, 2.75) is 38.3 Å². The maximum absolute atomic E-state index is 11.8. The lowest BCUT2D eigenvalue weighted by Crippen LogP contribution is -2.54. The van der Waals surface area contributed by atoms with Crippen LogP contribution in [0.5, 0.6) is 0 Å². The lowest BCUT2D eigenvalue weighted by Gasteiger charge is -2.34. The highest BCUT2D eigenvalue weighted by Crippen LogP contribution is 2.17. The predicted molar refractivity (Wildman–Crippen MR) is 75.9 cm³/mol. The first-order valence-corrected chi connectivity index (χ1v) is 6.72. The minimum Gasteiger partial charge on any atom is -0.356 e. The van der Waals surface area contributed by atoms with Gasteiger partial charge in [0.05, 0.1) is 5.54 Å². The molecule has 5 nitrogen and oxygen atoms in total. The zero-order valence-corrected chi connectivity index (χ0v) is 11.6. The molecule has 0 spiro atoms. The minimum atomic E-state index is -0.807. The summed E-state index contributed by atoms with van der Waals surface area (Å²) in [4.78, 5) is 18.4. The fraction of sp³-hybridized carbons (Fsp3) is 0.571. The number of anilines is 1. The van der Waals surface area contributed by atoms with Gasteiger partial charge < -0.3 is 16.0 Å². The highest BCUT2D eigenvalue weighted by atomic mass is 16.2. The van der Waals surface area contributed by atoms with E-state index in [4.69, 9.17) is 5.73 Å². The largest absolute Gasteiger partial charge is 0.356 e. The molecular weight excluding hydrogens is 240 g/mol. The molecule has 104 valence electrons. The average Bonchev–Trinajstić information content (AvgIpc) is 2.39. The number of nitrogens with two attached hydrogens (primary N) is 1. The normalized spacial score (nSPS) is 17.3. The Morgan fingerprint density at radius 3 is 2.63 bits per heavy atom. The Kier molecular flexibility index (Phi) is 4.04. The first-order valence-electron chi connectivity index (χ1n) is 6.72. The number of amides is 1. The number of nitrogens with zero attached hydrogens (tertiary/aromatic N) is 2. The Balaban J connectivity index is 1.85. The molecule has 3 N–H and O–H groups in total. The molecule has 1 aromatic heterocycles. The molecular formula is C14H22N4O. The summed E-state index contributed by atoms with van der Waals surface area (Å²) in [7, 11) is 0. The van der Waals surface area contributed by atoms with Crippen LogP contribution in [0.1, 0.15) is 26.7 Å². The van der Waals surface area contributed by atoms with Crippen molar-refractivity contribution >= 4 is 11.7 Å². The third-order valence-corrected chi connectivity index (χ3v) is 3.39. The SMILES string of the molecule is CC(C)(N)C(=O)NC1CCN(c2ccccn2)CC1. The van der Waals surface area contributed by atoms with Gasteiger partial charge in [0.25, 0.3) is 0 Å².